The molecule has 1 aromatic carbocycles. The van der Waals surface area contributed by atoms with Crippen molar-refractivity contribution in [1.82, 2.24) is 24.5 Å². The Morgan fingerprint density at radius 2 is 1.90 bits per heavy atom. The number of hydrogen-bond acceptors (Lipinski definition) is 7. The predicted molar refractivity (Wildman–Crippen MR) is 143 cm³/mol. The minimum Gasteiger partial charge on any atom is -0.491 e. The van der Waals surface area contributed by atoms with Gasteiger partial charge in [0.1, 0.15) is 28.8 Å². The zero-order valence-corrected chi connectivity index (χ0v) is 22.5. The number of hydrogen-bond donors (Lipinski definition) is 1. The number of nitrogens with zero attached hydrogens (tertiary/aromatic N) is 5. The molecule has 4 heterocycles. The minimum absolute atomic E-state index is 0. The van der Waals surface area contributed by atoms with E-state index in [1.807, 2.05) is 0 Å². The van der Waals surface area contributed by atoms with Crippen LogP contribution < -0.4 is 10.5 Å². The van der Waals surface area contributed by atoms with Crippen molar-refractivity contribution in [3.8, 4) is 17.3 Å². The maximum Gasteiger partial charge on any atom is 0.408 e. The highest BCUT2D eigenvalue weighted by Gasteiger charge is 2.46. The topological polar surface area (TPSA) is 90.8 Å². The maximum absolute atomic E-state index is 14.2. The lowest BCUT2D eigenvalue weighted by atomic mass is 10.1. The molecule has 2 N–H and O–H groups in total. The van der Waals surface area contributed by atoms with Gasteiger partial charge in [0.2, 0.25) is 0 Å². The molecule has 0 spiro atoms. The Bertz CT molecular complexity index is 1420. The Hall–Kier alpha value is -2.77. The smallest absolute Gasteiger partial charge is 0.408 e. The molecule has 8 nitrogen and oxygen atoms in total. The molecule has 0 amide bonds. The first-order chi connectivity index (χ1) is 17.7. The highest BCUT2D eigenvalue weighted by molar-refractivity contribution is 5.86. The number of alkyl halides is 3. The van der Waals surface area contributed by atoms with E-state index in [4.69, 9.17) is 15.2 Å². The van der Waals surface area contributed by atoms with Crippen LogP contribution in [0, 0.1) is 5.82 Å². The van der Waals surface area contributed by atoms with Gasteiger partial charge < -0.3 is 15.2 Å². The second-order valence-electron chi connectivity index (χ2n) is 9.07. The highest BCUT2D eigenvalue weighted by atomic mass is 35.5. The van der Waals surface area contributed by atoms with Crippen LogP contribution in [-0.4, -0.2) is 70.1 Å². The first-order valence-electron chi connectivity index (χ1n) is 11.9. The molecule has 1 aliphatic heterocycles. The number of benzene rings is 1. The second kappa shape index (κ2) is 12.6. The van der Waals surface area contributed by atoms with Gasteiger partial charge in [-0.2, -0.15) is 13.2 Å². The van der Waals surface area contributed by atoms with Crippen molar-refractivity contribution in [3.63, 3.8) is 0 Å². The van der Waals surface area contributed by atoms with Crippen LogP contribution in [0.1, 0.15) is 24.4 Å². The van der Waals surface area contributed by atoms with Gasteiger partial charge in [-0.1, -0.05) is 12.1 Å². The second-order valence-corrected chi connectivity index (χ2v) is 9.07. The number of halogens is 6. The van der Waals surface area contributed by atoms with Gasteiger partial charge >= 0.3 is 6.18 Å². The van der Waals surface area contributed by atoms with E-state index in [-0.39, 0.29) is 61.1 Å². The Labute approximate surface area is 234 Å². The van der Waals surface area contributed by atoms with Crippen LogP contribution in [0.5, 0.6) is 5.75 Å². The Morgan fingerprint density at radius 3 is 2.59 bits per heavy atom. The van der Waals surface area contributed by atoms with Crippen molar-refractivity contribution in [1.29, 1.82) is 0 Å². The molecule has 14 heteroatoms. The third kappa shape index (κ3) is 6.52. The molecule has 4 aromatic rings. The third-order valence-corrected chi connectivity index (χ3v) is 6.37. The van der Waals surface area contributed by atoms with E-state index in [9.17, 15) is 17.6 Å². The number of pyridine rings is 2. The average Bonchev–Trinajstić information content (AvgIpc) is 3.46. The Balaban J connectivity index is 0.00000210. The zero-order valence-electron chi connectivity index (χ0n) is 20.9. The largest absolute Gasteiger partial charge is 0.491 e. The van der Waals surface area contributed by atoms with Crippen LogP contribution >= 0.6 is 24.8 Å². The van der Waals surface area contributed by atoms with E-state index in [1.54, 1.807) is 19.2 Å². The van der Waals surface area contributed by atoms with Gasteiger partial charge in [0.05, 0.1) is 6.61 Å². The Morgan fingerprint density at radius 1 is 1.10 bits per heavy atom. The summed E-state index contributed by atoms with van der Waals surface area (Å²) in [4.78, 5) is 5.98. The lowest BCUT2D eigenvalue weighted by molar-refractivity contribution is -0.183. The molecule has 39 heavy (non-hydrogen) atoms. The van der Waals surface area contributed by atoms with E-state index >= 15 is 0 Å². The molecule has 0 aliphatic carbocycles. The minimum atomic E-state index is -4.49. The van der Waals surface area contributed by atoms with Crippen molar-refractivity contribution < 1.29 is 27.0 Å². The zero-order chi connectivity index (χ0) is 26.2. The van der Waals surface area contributed by atoms with E-state index in [0.29, 0.717) is 48.3 Å². The summed E-state index contributed by atoms with van der Waals surface area (Å²) in [7, 11) is 1.58. The van der Waals surface area contributed by atoms with E-state index in [2.05, 4.69) is 15.2 Å². The van der Waals surface area contributed by atoms with Crippen LogP contribution in [-0.2, 0) is 4.74 Å². The first kappa shape index (κ1) is 30.8. The molecule has 0 radical (unpaired) electrons. The number of rotatable bonds is 8. The van der Waals surface area contributed by atoms with Gasteiger partial charge in [-0.15, -0.1) is 35.0 Å². The van der Waals surface area contributed by atoms with Crippen LogP contribution in [0.3, 0.4) is 0 Å². The molecule has 5 rings (SSSR count). The van der Waals surface area contributed by atoms with Crippen LogP contribution in [0.4, 0.5) is 17.6 Å². The summed E-state index contributed by atoms with van der Waals surface area (Å²) >= 11 is 0. The average molecular weight is 591 g/mol. The van der Waals surface area contributed by atoms with Crippen molar-refractivity contribution in [2.45, 2.75) is 31.1 Å². The molecule has 1 aliphatic rings. The highest BCUT2D eigenvalue weighted by Crippen LogP contribution is 2.39. The molecule has 0 unspecified atom stereocenters. The van der Waals surface area contributed by atoms with Gasteiger partial charge in [-0.3, -0.25) is 9.30 Å². The van der Waals surface area contributed by atoms with Gasteiger partial charge in [-0.25, -0.2) is 9.37 Å². The fourth-order valence-corrected chi connectivity index (χ4v) is 4.69. The number of aromatic nitrogens is 4. The summed E-state index contributed by atoms with van der Waals surface area (Å²) in [5.74, 6) is 0.0404. The standard InChI is InChI=1S/C25H26F4N6O2.2ClH/c1-36-9-2-10-37-20-12-17(26)11-15-3-5-19(31-22(15)20)24-33-32-21-6-4-16(13-35(21)24)23(25(27,28)29)34-8-7-18(30)14-34;;/h3-6,11-13,18,23H,2,7-10,14,30H2,1H3;2*1H/t18-,23+;;/m0../s1. The summed E-state index contributed by atoms with van der Waals surface area (Å²) in [5.41, 5.74) is 7.08. The van der Waals surface area contributed by atoms with Crippen molar-refractivity contribution in [3.05, 3.63) is 54.0 Å². The first-order valence-corrected chi connectivity index (χ1v) is 11.9. The van der Waals surface area contributed by atoms with Crippen LogP contribution in [0.2, 0.25) is 0 Å². The van der Waals surface area contributed by atoms with Crippen molar-refractivity contribution in [2.75, 3.05) is 33.4 Å². The van der Waals surface area contributed by atoms with Gasteiger partial charge in [0.25, 0.3) is 0 Å². The van der Waals surface area contributed by atoms with Gasteiger partial charge in [-0.05, 0) is 30.2 Å². The summed E-state index contributed by atoms with van der Waals surface area (Å²) in [6.07, 6.45) is -1.99. The monoisotopic (exact) mass is 590 g/mol. The van der Waals surface area contributed by atoms with Crippen molar-refractivity contribution >= 4 is 41.4 Å². The number of nitrogens with two attached hydrogens (primary N) is 1. The number of methoxy groups -OCH3 is 1. The normalized spacial score (nSPS) is 16.7. The fourth-order valence-electron chi connectivity index (χ4n) is 4.69. The molecule has 3 aromatic heterocycles. The Kier molecular flexibility index (Phi) is 9.94. The molecule has 212 valence electrons. The van der Waals surface area contributed by atoms with E-state index < -0.39 is 18.0 Å². The SMILES string of the molecule is COCCCOc1cc(F)cc2ccc(-c3nnc4ccc([C@@H](N5CC[C@H](N)C5)C(F)(F)F)cn34)nc12.Cl.Cl. The lowest BCUT2D eigenvalue weighted by Crippen LogP contribution is -2.38. The molecule has 1 saturated heterocycles. The van der Waals surface area contributed by atoms with Crippen molar-refractivity contribution in [2.24, 2.45) is 5.73 Å². The van der Waals surface area contributed by atoms with Gasteiger partial charge in [0, 0.05) is 56.9 Å². The summed E-state index contributed by atoms with van der Waals surface area (Å²) in [6.45, 7) is 1.21. The van der Waals surface area contributed by atoms with E-state index in [1.165, 1.54) is 39.8 Å². The number of likely N-dealkylation sites (tertiary alicyclic amines) is 1. The molecule has 0 bridgehead atoms. The number of ether oxygens (including phenoxy) is 2. The summed E-state index contributed by atoms with van der Waals surface area (Å²) < 4.78 is 68.9. The quantitative estimate of drug-likeness (QED) is 0.228. The molecule has 2 atom stereocenters. The number of fused-ring (bicyclic) bond motifs is 2. The third-order valence-electron chi connectivity index (χ3n) is 6.37. The lowest BCUT2D eigenvalue weighted by Gasteiger charge is -2.30. The maximum atomic E-state index is 14.2. The summed E-state index contributed by atoms with van der Waals surface area (Å²) in [5, 5.41) is 8.81. The molecule has 0 saturated carbocycles. The molecule has 1 fully saturated rings. The van der Waals surface area contributed by atoms with Crippen LogP contribution in [0.15, 0.2) is 42.6 Å². The van der Waals surface area contributed by atoms with Crippen LogP contribution in [0.25, 0.3) is 28.1 Å². The molecular weight excluding hydrogens is 563 g/mol. The predicted octanol–water partition coefficient (Wildman–Crippen LogP) is 4.98. The molecular formula is C25H28Cl2F4N6O2. The van der Waals surface area contributed by atoms with Gasteiger partial charge in [0.15, 0.2) is 11.5 Å². The summed E-state index contributed by atoms with van der Waals surface area (Å²) in [6, 6.07) is 6.69. The van der Waals surface area contributed by atoms with E-state index in [0.717, 1.165) is 0 Å². The fraction of sp³-hybridized carbons (Fsp3) is 0.400.